The molecule has 0 saturated carbocycles. The Morgan fingerprint density at radius 2 is 2.13 bits per heavy atom. The number of nitrogens with zero attached hydrogens (tertiary/aromatic N) is 5. The first-order valence-corrected chi connectivity index (χ1v) is 7.65. The summed E-state index contributed by atoms with van der Waals surface area (Å²) in [6, 6.07) is 3.92. The highest BCUT2D eigenvalue weighted by Gasteiger charge is 2.05. The summed E-state index contributed by atoms with van der Waals surface area (Å²) in [5.74, 6) is 1.29. The lowest BCUT2D eigenvalue weighted by atomic mass is 10.2. The van der Waals surface area contributed by atoms with E-state index < -0.39 is 0 Å². The first kappa shape index (κ1) is 19.5. The minimum absolute atomic E-state index is 0. The van der Waals surface area contributed by atoms with Crippen LogP contribution in [0.15, 0.2) is 35.7 Å². The molecule has 0 fully saturated rings. The minimum atomic E-state index is 0. The molecule has 0 radical (unpaired) electrons. The van der Waals surface area contributed by atoms with Gasteiger partial charge in [0.25, 0.3) is 0 Å². The Kier molecular flexibility index (Phi) is 8.67. The van der Waals surface area contributed by atoms with Crippen LogP contribution in [0.1, 0.15) is 19.5 Å². The molecule has 0 aromatic carbocycles. The summed E-state index contributed by atoms with van der Waals surface area (Å²) >= 11 is 0. The Balaban J connectivity index is 0.00000264. The number of hydrogen-bond acceptors (Lipinski definition) is 3. The molecule has 2 heterocycles. The van der Waals surface area contributed by atoms with Crippen molar-refractivity contribution in [3.8, 4) is 0 Å². The van der Waals surface area contributed by atoms with E-state index in [1.54, 1.807) is 12.4 Å². The van der Waals surface area contributed by atoms with Gasteiger partial charge in [0.1, 0.15) is 0 Å². The second kappa shape index (κ2) is 10.2. The molecule has 0 aliphatic heterocycles. The van der Waals surface area contributed by atoms with E-state index in [1.807, 2.05) is 34.7 Å². The zero-order valence-corrected chi connectivity index (χ0v) is 16.3. The molecular weight excluding hydrogens is 405 g/mol. The molecule has 2 N–H and O–H groups in total. The lowest BCUT2D eigenvalue weighted by molar-refractivity contribution is 0.443. The number of aliphatic imine (C=N–C) groups is 1. The molecule has 23 heavy (non-hydrogen) atoms. The first-order valence-electron chi connectivity index (χ1n) is 7.65. The van der Waals surface area contributed by atoms with Gasteiger partial charge in [0.15, 0.2) is 5.96 Å². The molecule has 0 saturated heterocycles. The number of guanidine groups is 1. The Labute approximate surface area is 154 Å². The molecule has 1 atom stereocenters. The molecule has 128 valence electrons. The summed E-state index contributed by atoms with van der Waals surface area (Å²) in [6.07, 6.45) is 5.58. The maximum absolute atomic E-state index is 4.60. The fraction of sp³-hybridized carbons (Fsp3) is 0.533. The van der Waals surface area contributed by atoms with Gasteiger partial charge in [-0.2, -0.15) is 10.2 Å². The maximum atomic E-state index is 4.60. The zero-order chi connectivity index (χ0) is 15.8. The number of nitrogens with one attached hydrogen (secondary N) is 2. The van der Waals surface area contributed by atoms with E-state index in [0.717, 1.165) is 31.3 Å². The van der Waals surface area contributed by atoms with Crippen molar-refractivity contribution in [1.29, 1.82) is 0 Å². The highest BCUT2D eigenvalue weighted by Crippen LogP contribution is 2.00. The molecule has 0 amide bonds. The van der Waals surface area contributed by atoms with E-state index in [0.29, 0.717) is 12.5 Å². The monoisotopic (exact) mass is 431 g/mol. The van der Waals surface area contributed by atoms with Crippen molar-refractivity contribution in [2.24, 2.45) is 18.0 Å². The first-order chi connectivity index (χ1) is 10.7. The van der Waals surface area contributed by atoms with Crippen LogP contribution in [0.3, 0.4) is 0 Å². The smallest absolute Gasteiger partial charge is 0.191 e. The average molecular weight is 431 g/mol. The summed E-state index contributed by atoms with van der Waals surface area (Å²) < 4.78 is 3.79. The molecule has 0 spiro atoms. The quantitative estimate of drug-likeness (QED) is 0.397. The number of halogens is 1. The highest BCUT2D eigenvalue weighted by atomic mass is 127. The summed E-state index contributed by atoms with van der Waals surface area (Å²) in [5.41, 5.74) is 1.08. The van der Waals surface area contributed by atoms with E-state index in [9.17, 15) is 0 Å². The van der Waals surface area contributed by atoms with Crippen LogP contribution in [-0.4, -0.2) is 38.6 Å². The summed E-state index contributed by atoms with van der Waals surface area (Å²) in [6.45, 7) is 7.44. The molecule has 7 nitrogen and oxygen atoms in total. The van der Waals surface area contributed by atoms with Gasteiger partial charge < -0.3 is 10.6 Å². The summed E-state index contributed by atoms with van der Waals surface area (Å²) in [4.78, 5) is 4.60. The molecule has 8 heteroatoms. The van der Waals surface area contributed by atoms with E-state index in [1.165, 1.54) is 0 Å². The van der Waals surface area contributed by atoms with Crippen molar-refractivity contribution in [3.05, 3.63) is 36.4 Å². The lowest BCUT2D eigenvalue weighted by Crippen LogP contribution is -2.40. The minimum Gasteiger partial charge on any atom is -0.357 e. The Morgan fingerprint density at radius 1 is 1.30 bits per heavy atom. The standard InChI is InChI=1S/C15H25N7.HI/c1-4-16-15(18-11-14-6-8-19-21(14)3)17-10-13(2)12-22-9-5-7-20-22;/h5-9,13H,4,10-12H2,1-3H3,(H2,16,17,18);1H. The van der Waals surface area contributed by atoms with E-state index in [2.05, 4.69) is 39.7 Å². The number of rotatable bonds is 7. The molecule has 2 aromatic rings. The predicted molar refractivity (Wildman–Crippen MR) is 103 cm³/mol. The molecule has 1 unspecified atom stereocenters. The lowest BCUT2D eigenvalue weighted by Gasteiger charge is -2.16. The van der Waals surface area contributed by atoms with Gasteiger partial charge in [0.2, 0.25) is 0 Å². The SMILES string of the molecule is CCNC(=NCc1ccnn1C)NCC(C)Cn1cccn1.I. The van der Waals surface area contributed by atoms with Gasteiger partial charge in [0, 0.05) is 45.3 Å². The van der Waals surface area contributed by atoms with Crippen molar-refractivity contribution in [1.82, 2.24) is 30.2 Å². The van der Waals surface area contributed by atoms with Crippen molar-refractivity contribution < 1.29 is 0 Å². The number of aryl methyl sites for hydroxylation is 1. The third-order valence-corrected chi connectivity index (χ3v) is 3.34. The Bertz CT molecular complexity index is 576. The van der Waals surface area contributed by atoms with Crippen LogP contribution in [0.25, 0.3) is 0 Å². The number of hydrogen-bond donors (Lipinski definition) is 2. The second-order valence-corrected chi connectivity index (χ2v) is 5.36. The van der Waals surface area contributed by atoms with Crippen molar-refractivity contribution in [2.75, 3.05) is 13.1 Å². The van der Waals surface area contributed by atoms with Crippen LogP contribution >= 0.6 is 24.0 Å². The maximum Gasteiger partial charge on any atom is 0.191 e. The summed E-state index contributed by atoms with van der Waals surface area (Å²) in [5, 5.41) is 15.0. The van der Waals surface area contributed by atoms with Crippen LogP contribution < -0.4 is 10.6 Å². The van der Waals surface area contributed by atoms with Crippen molar-refractivity contribution in [2.45, 2.75) is 26.9 Å². The molecule has 2 aromatic heterocycles. The van der Waals surface area contributed by atoms with Crippen LogP contribution in [-0.2, 0) is 20.1 Å². The van der Waals surface area contributed by atoms with Crippen LogP contribution in [0.5, 0.6) is 0 Å². The molecule has 2 rings (SSSR count). The number of aromatic nitrogens is 4. The van der Waals surface area contributed by atoms with Crippen LogP contribution in [0.2, 0.25) is 0 Å². The van der Waals surface area contributed by atoms with Crippen molar-refractivity contribution >= 4 is 29.9 Å². The highest BCUT2D eigenvalue weighted by molar-refractivity contribution is 14.0. The zero-order valence-electron chi connectivity index (χ0n) is 13.9. The fourth-order valence-electron chi connectivity index (χ4n) is 2.12. The van der Waals surface area contributed by atoms with Gasteiger partial charge in [-0.05, 0) is 25.0 Å². The second-order valence-electron chi connectivity index (χ2n) is 5.36. The molecule has 0 aliphatic rings. The molecular formula is C15H26IN7. The average Bonchev–Trinajstić information content (AvgIpc) is 3.14. The van der Waals surface area contributed by atoms with Gasteiger partial charge in [-0.15, -0.1) is 24.0 Å². The van der Waals surface area contributed by atoms with Gasteiger partial charge in [-0.1, -0.05) is 6.92 Å². The van der Waals surface area contributed by atoms with Gasteiger partial charge in [-0.25, -0.2) is 4.99 Å². The Morgan fingerprint density at radius 3 is 2.74 bits per heavy atom. The topological polar surface area (TPSA) is 72.1 Å². The fourth-order valence-corrected chi connectivity index (χ4v) is 2.12. The van der Waals surface area contributed by atoms with E-state index in [4.69, 9.17) is 0 Å². The third-order valence-electron chi connectivity index (χ3n) is 3.34. The summed E-state index contributed by atoms with van der Waals surface area (Å²) in [7, 11) is 1.93. The van der Waals surface area contributed by atoms with Crippen LogP contribution in [0, 0.1) is 5.92 Å². The van der Waals surface area contributed by atoms with E-state index in [-0.39, 0.29) is 24.0 Å². The van der Waals surface area contributed by atoms with E-state index >= 15 is 0 Å². The Hall–Kier alpha value is -1.58. The molecule has 0 bridgehead atoms. The third kappa shape index (κ3) is 6.59. The van der Waals surface area contributed by atoms with Gasteiger partial charge in [-0.3, -0.25) is 9.36 Å². The molecule has 0 aliphatic carbocycles. The van der Waals surface area contributed by atoms with Crippen LogP contribution in [0.4, 0.5) is 0 Å². The predicted octanol–water partition coefficient (Wildman–Crippen LogP) is 1.63. The van der Waals surface area contributed by atoms with Gasteiger partial charge in [0.05, 0.1) is 12.2 Å². The van der Waals surface area contributed by atoms with Gasteiger partial charge >= 0.3 is 0 Å². The van der Waals surface area contributed by atoms with Crippen molar-refractivity contribution in [3.63, 3.8) is 0 Å². The largest absolute Gasteiger partial charge is 0.357 e. The normalized spacial score (nSPS) is 12.6.